The molecule has 2 aliphatic rings. The standard InChI is InChI=1S/C17H25FN2O2/c18-17-4-2-1-3-14(17)11-20(15-5-6-15)13-16(21)12-19-7-9-22-10-8-19/h1-4,15-16,21H,5-13H2. The van der Waals surface area contributed by atoms with E-state index in [1.165, 1.54) is 6.07 Å². The lowest BCUT2D eigenvalue weighted by molar-refractivity contribution is 0.00543. The summed E-state index contributed by atoms with van der Waals surface area (Å²) in [5.41, 5.74) is 0.716. The number of aliphatic hydroxyl groups excluding tert-OH is 1. The van der Waals surface area contributed by atoms with E-state index in [-0.39, 0.29) is 5.82 Å². The number of β-amino-alcohol motifs (C(OH)–C–C–N with tert-alkyl or cyclic N) is 1. The second-order valence-corrected chi connectivity index (χ2v) is 6.32. The van der Waals surface area contributed by atoms with E-state index in [9.17, 15) is 9.50 Å². The predicted octanol–water partition coefficient (Wildman–Crippen LogP) is 1.48. The molecule has 1 heterocycles. The van der Waals surface area contributed by atoms with Gasteiger partial charge in [-0.25, -0.2) is 4.39 Å². The van der Waals surface area contributed by atoms with Crippen LogP contribution >= 0.6 is 0 Å². The fraction of sp³-hybridized carbons (Fsp3) is 0.647. The van der Waals surface area contributed by atoms with Crippen molar-refractivity contribution in [3.63, 3.8) is 0 Å². The largest absolute Gasteiger partial charge is 0.390 e. The monoisotopic (exact) mass is 308 g/mol. The molecule has 1 unspecified atom stereocenters. The molecule has 1 saturated heterocycles. The van der Waals surface area contributed by atoms with Gasteiger partial charge in [-0.05, 0) is 18.9 Å². The molecule has 0 amide bonds. The molecular weight excluding hydrogens is 283 g/mol. The lowest BCUT2D eigenvalue weighted by atomic mass is 10.2. The van der Waals surface area contributed by atoms with Gasteiger partial charge in [0.15, 0.2) is 0 Å². The van der Waals surface area contributed by atoms with Crippen LogP contribution in [-0.2, 0) is 11.3 Å². The van der Waals surface area contributed by atoms with Gasteiger partial charge < -0.3 is 9.84 Å². The van der Waals surface area contributed by atoms with Crippen molar-refractivity contribution < 1.29 is 14.2 Å². The van der Waals surface area contributed by atoms with Crippen LogP contribution in [0.3, 0.4) is 0 Å². The molecular formula is C17H25FN2O2. The molecule has 122 valence electrons. The Morgan fingerprint density at radius 1 is 1.27 bits per heavy atom. The molecule has 1 saturated carbocycles. The third kappa shape index (κ3) is 4.49. The van der Waals surface area contributed by atoms with Gasteiger partial charge in [-0.1, -0.05) is 18.2 Å². The minimum atomic E-state index is -0.398. The molecule has 22 heavy (non-hydrogen) atoms. The van der Waals surface area contributed by atoms with Crippen molar-refractivity contribution in [3.05, 3.63) is 35.6 Å². The molecule has 1 aromatic carbocycles. The molecule has 0 radical (unpaired) electrons. The van der Waals surface area contributed by atoms with E-state index >= 15 is 0 Å². The number of rotatable bonds is 7. The fourth-order valence-electron chi connectivity index (χ4n) is 3.04. The average molecular weight is 308 g/mol. The summed E-state index contributed by atoms with van der Waals surface area (Å²) in [4.78, 5) is 4.46. The Labute approximate surface area is 131 Å². The Morgan fingerprint density at radius 3 is 2.68 bits per heavy atom. The Morgan fingerprint density at radius 2 is 2.00 bits per heavy atom. The Hall–Kier alpha value is -1.01. The summed E-state index contributed by atoms with van der Waals surface area (Å²) in [5.74, 6) is -0.157. The lowest BCUT2D eigenvalue weighted by Gasteiger charge is -2.31. The van der Waals surface area contributed by atoms with E-state index in [0.29, 0.717) is 31.2 Å². The highest BCUT2D eigenvalue weighted by Gasteiger charge is 2.31. The summed E-state index contributed by atoms with van der Waals surface area (Å²) in [6, 6.07) is 7.42. The van der Waals surface area contributed by atoms with Gasteiger partial charge in [0.05, 0.1) is 19.3 Å². The number of hydrogen-bond acceptors (Lipinski definition) is 4. The molecule has 2 fully saturated rings. The molecule has 3 rings (SSSR count). The normalized spacial score (nSPS) is 21.2. The lowest BCUT2D eigenvalue weighted by Crippen LogP contribution is -2.45. The highest BCUT2D eigenvalue weighted by molar-refractivity contribution is 5.17. The number of nitrogens with zero attached hydrogens (tertiary/aromatic N) is 2. The van der Waals surface area contributed by atoms with Crippen LogP contribution in [0.5, 0.6) is 0 Å². The van der Waals surface area contributed by atoms with Crippen molar-refractivity contribution >= 4 is 0 Å². The quantitative estimate of drug-likeness (QED) is 0.828. The molecule has 0 spiro atoms. The van der Waals surface area contributed by atoms with Gasteiger partial charge in [-0.15, -0.1) is 0 Å². The van der Waals surface area contributed by atoms with E-state index in [1.54, 1.807) is 6.07 Å². The first-order valence-corrected chi connectivity index (χ1v) is 8.18. The molecule has 0 bridgehead atoms. The topological polar surface area (TPSA) is 35.9 Å². The number of ether oxygens (including phenoxy) is 1. The second-order valence-electron chi connectivity index (χ2n) is 6.32. The van der Waals surface area contributed by atoms with Crippen LogP contribution in [0.2, 0.25) is 0 Å². The van der Waals surface area contributed by atoms with Gasteiger partial charge in [0, 0.05) is 44.3 Å². The van der Waals surface area contributed by atoms with Crippen LogP contribution in [0, 0.1) is 5.82 Å². The molecule has 4 nitrogen and oxygen atoms in total. The van der Waals surface area contributed by atoms with Gasteiger partial charge in [0.25, 0.3) is 0 Å². The highest BCUT2D eigenvalue weighted by atomic mass is 19.1. The first-order valence-electron chi connectivity index (χ1n) is 8.18. The van der Waals surface area contributed by atoms with E-state index in [0.717, 1.165) is 39.1 Å². The zero-order valence-electron chi connectivity index (χ0n) is 13.0. The zero-order valence-corrected chi connectivity index (χ0v) is 13.0. The summed E-state index contributed by atoms with van der Waals surface area (Å²) in [5, 5.41) is 10.4. The van der Waals surface area contributed by atoms with Gasteiger partial charge in [0.1, 0.15) is 5.82 Å². The summed E-state index contributed by atoms with van der Waals surface area (Å²) in [6.07, 6.45) is 1.91. The third-order valence-corrected chi connectivity index (χ3v) is 4.41. The molecule has 1 aliphatic carbocycles. The molecule has 1 atom stereocenters. The number of aliphatic hydroxyl groups is 1. The minimum Gasteiger partial charge on any atom is -0.390 e. The van der Waals surface area contributed by atoms with Crippen LogP contribution in [0.4, 0.5) is 4.39 Å². The van der Waals surface area contributed by atoms with Crippen molar-refractivity contribution in [2.75, 3.05) is 39.4 Å². The number of benzene rings is 1. The minimum absolute atomic E-state index is 0.157. The summed E-state index contributed by atoms with van der Waals surface area (Å²) in [7, 11) is 0. The third-order valence-electron chi connectivity index (χ3n) is 4.41. The Balaban J connectivity index is 1.54. The summed E-state index contributed by atoms with van der Waals surface area (Å²) >= 11 is 0. The first kappa shape index (κ1) is 15.9. The van der Waals surface area contributed by atoms with Gasteiger partial charge in [-0.3, -0.25) is 9.80 Å². The van der Waals surface area contributed by atoms with Crippen molar-refractivity contribution in [1.82, 2.24) is 9.80 Å². The number of halogens is 1. The van der Waals surface area contributed by atoms with Crippen molar-refractivity contribution in [2.45, 2.75) is 31.5 Å². The number of hydrogen-bond donors (Lipinski definition) is 1. The van der Waals surface area contributed by atoms with E-state index in [4.69, 9.17) is 4.74 Å². The average Bonchev–Trinajstić information content (AvgIpc) is 3.34. The predicted molar refractivity (Wildman–Crippen MR) is 83.1 cm³/mol. The molecule has 1 aliphatic heterocycles. The zero-order chi connectivity index (χ0) is 15.4. The van der Waals surface area contributed by atoms with Crippen LogP contribution in [-0.4, -0.2) is 66.4 Å². The van der Waals surface area contributed by atoms with Crippen LogP contribution in [0.1, 0.15) is 18.4 Å². The highest BCUT2D eigenvalue weighted by Crippen LogP contribution is 2.29. The smallest absolute Gasteiger partial charge is 0.127 e. The molecule has 1 N–H and O–H groups in total. The van der Waals surface area contributed by atoms with Crippen LogP contribution in [0.25, 0.3) is 0 Å². The number of morpholine rings is 1. The van der Waals surface area contributed by atoms with Gasteiger partial charge in [0.2, 0.25) is 0 Å². The maximum Gasteiger partial charge on any atom is 0.127 e. The second kappa shape index (κ2) is 7.51. The van der Waals surface area contributed by atoms with E-state index in [1.807, 2.05) is 12.1 Å². The molecule has 5 heteroatoms. The van der Waals surface area contributed by atoms with Crippen molar-refractivity contribution in [1.29, 1.82) is 0 Å². The maximum absolute atomic E-state index is 13.8. The Bertz CT molecular complexity index is 475. The van der Waals surface area contributed by atoms with Gasteiger partial charge in [-0.2, -0.15) is 0 Å². The van der Waals surface area contributed by atoms with Crippen molar-refractivity contribution in [3.8, 4) is 0 Å². The summed E-state index contributed by atoms with van der Waals surface area (Å²) in [6.45, 7) is 5.11. The Kier molecular flexibility index (Phi) is 5.41. The molecule has 0 aromatic heterocycles. The first-order chi connectivity index (χ1) is 10.7. The molecule has 1 aromatic rings. The van der Waals surface area contributed by atoms with E-state index < -0.39 is 6.10 Å². The van der Waals surface area contributed by atoms with E-state index in [2.05, 4.69) is 9.80 Å². The SMILES string of the molecule is OC(CN1CCOCC1)CN(Cc1ccccc1F)C1CC1. The van der Waals surface area contributed by atoms with Crippen LogP contribution < -0.4 is 0 Å². The van der Waals surface area contributed by atoms with Crippen LogP contribution in [0.15, 0.2) is 24.3 Å². The maximum atomic E-state index is 13.8. The van der Waals surface area contributed by atoms with Crippen molar-refractivity contribution in [2.24, 2.45) is 0 Å². The fourth-order valence-corrected chi connectivity index (χ4v) is 3.04. The van der Waals surface area contributed by atoms with Gasteiger partial charge >= 0.3 is 0 Å². The summed E-state index contributed by atoms with van der Waals surface area (Å²) < 4.78 is 19.2.